The van der Waals surface area contributed by atoms with Gasteiger partial charge in [0.2, 0.25) is 5.91 Å². The Morgan fingerprint density at radius 2 is 1.82 bits per heavy atom. The lowest BCUT2D eigenvalue weighted by atomic mass is 10.2. The van der Waals surface area contributed by atoms with Crippen molar-refractivity contribution in [2.75, 3.05) is 26.1 Å². The molecule has 0 fully saturated rings. The van der Waals surface area contributed by atoms with Crippen molar-refractivity contribution in [3.63, 3.8) is 0 Å². The van der Waals surface area contributed by atoms with Crippen molar-refractivity contribution >= 4 is 28.6 Å². The zero-order valence-electron chi connectivity index (χ0n) is 15.9. The summed E-state index contributed by atoms with van der Waals surface area (Å²) in [6.45, 7) is 1.99. The second kappa shape index (κ2) is 8.43. The van der Waals surface area contributed by atoms with Crippen LogP contribution in [0, 0.1) is 0 Å². The molecule has 0 spiro atoms. The van der Waals surface area contributed by atoms with Gasteiger partial charge in [-0.1, -0.05) is 6.07 Å². The molecule has 0 aliphatic heterocycles. The average molecular weight is 383 g/mol. The largest absolute Gasteiger partial charge is 0.497 e. The Hall–Kier alpha value is -3.55. The van der Waals surface area contributed by atoms with Gasteiger partial charge in [0.05, 0.1) is 43.8 Å². The third-order valence-electron chi connectivity index (χ3n) is 4.08. The number of nitrogens with zero attached hydrogens (tertiary/aromatic N) is 2. The molecule has 0 unspecified atom stereocenters. The Morgan fingerprint density at radius 1 is 1.11 bits per heavy atom. The molecule has 1 amide bonds. The number of methoxy groups -OCH3 is 2. The fourth-order valence-electron chi connectivity index (χ4n) is 2.86. The number of imidazole rings is 1. The van der Waals surface area contributed by atoms with Crippen LogP contribution < -0.4 is 14.8 Å². The molecule has 0 saturated heterocycles. The first-order valence-corrected chi connectivity index (χ1v) is 8.69. The van der Waals surface area contributed by atoms with Gasteiger partial charge in [0, 0.05) is 23.9 Å². The van der Waals surface area contributed by atoms with E-state index in [9.17, 15) is 9.59 Å². The molecule has 0 radical (unpaired) electrons. The van der Waals surface area contributed by atoms with E-state index in [0.717, 1.165) is 0 Å². The number of carbonyl (C=O) groups is 2. The number of fused-ring (bicyclic) bond motifs is 1. The molecule has 0 bridgehead atoms. The maximum absolute atomic E-state index is 12.6. The number of ether oxygens (including phenoxy) is 3. The predicted octanol–water partition coefficient (Wildman–Crippen LogP) is 2.87. The normalized spacial score (nSPS) is 10.5. The Balaban J connectivity index is 1.85. The number of aromatic nitrogens is 2. The molecule has 8 heteroatoms. The van der Waals surface area contributed by atoms with E-state index in [0.29, 0.717) is 33.8 Å². The van der Waals surface area contributed by atoms with Crippen LogP contribution >= 0.6 is 0 Å². The van der Waals surface area contributed by atoms with Gasteiger partial charge >= 0.3 is 5.97 Å². The van der Waals surface area contributed by atoms with Gasteiger partial charge < -0.3 is 24.1 Å². The van der Waals surface area contributed by atoms with E-state index in [4.69, 9.17) is 14.2 Å². The fraction of sp³-hybridized carbons (Fsp3) is 0.250. The van der Waals surface area contributed by atoms with Gasteiger partial charge in [-0.2, -0.15) is 0 Å². The molecule has 28 heavy (non-hydrogen) atoms. The summed E-state index contributed by atoms with van der Waals surface area (Å²) >= 11 is 0. The standard InChI is InChI=1S/C20H21N3O5/c1-4-28-20(25)16-6-5-7-17-19(16)23(12-21-17)11-18(24)22-13-8-14(26-2)10-15(9-13)27-3/h5-10,12H,4,11H2,1-3H3,(H,22,24). The molecule has 0 atom stereocenters. The first-order valence-electron chi connectivity index (χ1n) is 8.69. The number of esters is 1. The summed E-state index contributed by atoms with van der Waals surface area (Å²) in [5.74, 6) is 0.390. The summed E-state index contributed by atoms with van der Waals surface area (Å²) in [5, 5.41) is 2.80. The molecular formula is C20H21N3O5. The minimum Gasteiger partial charge on any atom is -0.497 e. The number of hydrogen-bond donors (Lipinski definition) is 1. The molecule has 8 nitrogen and oxygen atoms in total. The first-order chi connectivity index (χ1) is 13.5. The molecular weight excluding hydrogens is 362 g/mol. The number of anilines is 1. The second-order valence-electron chi connectivity index (χ2n) is 5.92. The molecule has 1 heterocycles. The zero-order valence-corrected chi connectivity index (χ0v) is 15.9. The van der Waals surface area contributed by atoms with Crippen LogP contribution in [0.25, 0.3) is 11.0 Å². The van der Waals surface area contributed by atoms with Crippen LogP contribution in [0.2, 0.25) is 0 Å². The van der Waals surface area contributed by atoms with Crippen LogP contribution in [-0.2, 0) is 16.1 Å². The summed E-state index contributed by atoms with van der Waals surface area (Å²) in [4.78, 5) is 29.1. The molecule has 146 valence electrons. The van der Waals surface area contributed by atoms with Crippen molar-refractivity contribution in [2.45, 2.75) is 13.5 Å². The summed E-state index contributed by atoms with van der Waals surface area (Å²) in [5.41, 5.74) is 2.07. The lowest BCUT2D eigenvalue weighted by molar-refractivity contribution is -0.116. The maximum atomic E-state index is 12.6. The van der Waals surface area contributed by atoms with E-state index < -0.39 is 5.97 Å². The Kier molecular flexibility index (Phi) is 5.78. The molecule has 0 aliphatic rings. The van der Waals surface area contributed by atoms with Gasteiger partial charge in [0.1, 0.15) is 18.0 Å². The van der Waals surface area contributed by atoms with E-state index in [-0.39, 0.29) is 19.1 Å². The van der Waals surface area contributed by atoms with Crippen molar-refractivity contribution in [1.29, 1.82) is 0 Å². The topological polar surface area (TPSA) is 91.7 Å². The van der Waals surface area contributed by atoms with E-state index in [1.807, 2.05) is 0 Å². The highest BCUT2D eigenvalue weighted by Crippen LogP contribution is 2.26. The van der Waals surface area contributed by atoms with Crippen molar-refractivity contribution in [1.82, 2.24) is 9.55 Å². The lowest BCUT2D eigenvalue weighted by Crippen LogP contribution is -2.19. The van der Waals surface area contributed by atoms with Crippen LogP contribution in [-0.4, -0.2) is 42.3 Å². The van der Waals surface area contributed by atoms with Crippen molar-refractivity contribution < 1.29 is 23.8 Å². The number of nitrogens with one attached hydrogen (secondary N) is 1. The minimum atomic E-state index is -0.451. The highest BCUT2D eigenvalue weighted by atomic mass is 16.5. The molecule has 3 rings (SSSR count). The third kappa shape index (κ3) is 4.06. The summed E-state index contributed by atoms with van der Waals surface area (Å²) in [6, 6.07) is 10.3. The van der Waals surface area contributed by atoms with Crippen LogP contribution in [0.1, 0.15) is 17.3 Å². The maximum Gasteiger partial charge on any atom is 0.340 e. The summed E-state index contributed by atoms with van der Waals surface area (Å²) < 4.78 is 17.1. The van der Waals surface area contributed by atoms with Crippen molar-refractivity contribution in [2.24, 2.45) is 0 Å². The van der Waals surface area contributed by atoms with Gasteiger partial charge in [-0.05, 0) is 19.1 Å². The first kappa shape index (κ1) is 19.2. The zero-order chi connectivity index (χ0) is 20.1. The number of rotatable bonds is 7. The monoisotopic (exact) mass is 383 g/mol. The number of hydrogen-bond acceptors (Lipinski definition) is 6. The number of carbonyl (C=O) groups excluding carboxylic acids is 2. The predicted molar refractivity (Wildman–Crippen MR) is 104 cm³/mol. The van der Waals surface area contributed by atoms with Gasteiger partial charge in [-0.3, -0.25) is 4.79 Å². The van der Waals surface area contributed by atoms with E-state index in [1.165, 1.54) is 20.5 Å². The Bertz CT molecular complexity index is 990. The molecule has 1 N–H and O–H groups in total. The van der Waals surface area contributed by atoms with Crippen molar-refractivity contribution in [3.05, 3.63) is 48.3 Å². The van der Waals surface area contributed by atoms with Crippen LogP contribution in [0.5, 0.6) is 11.5 Å². The fourth-order valence-corrected chi connectivity index (χ4v) is 2.86. The average Bonchev–Trinajstić information content (AvgIpc) is 3.10. The summed E-state index contributed by atoms with van der Waals surface area (Å²) in [7, 11) is 3.07. The van der Waals surface area contributed by atoms with Crippen molar-refractivity contribution in [3.8, 4) is 11.5 Å². The highest BCUT2D eigenvalue weighted by Gasteiger charge is 2.17. The minimum absolute atomic E-state index is 0.0214. The van der Waals surface area contributed by atoms with Gasteiger partial charge in [-0.25, -0.2) is 9.78 Å². The molecule has 3 aromatic rings. The third-order valence-corrected chi connectivity index (χ3v) is 4.08. The van der Waals surface area contributed by atoms with Gasteiger partial charge in [0.25, 0.3) is 0 Å². The van der Waals surface area contributed by atoms with E-state index in [1.54, 1.807) is 47.9 Å². The smallest absolute Gasteiger partial charge is 0.340 e. The molecule has 0 saturated carbocycles. The quantitative estimate of drug-likeness (QED) is 0.631. The highest BCUT2D eigenvalue weighted by molar-refractivity contribution is 6.02. The van der Waals surface area contributed by atoms with Crippen LogP contribution in [0.4, 0.5) is 5.69 Å². The lowest BCUT2D eigenvalue weighted by Gasteiger charge is -2.11. The Labute approximate surface area is 162 Å². The second-order valence-corrected chi connectivity index (χ2v) is 5.92. The SMILES string of the molecule is CCOC(=O)c1cccc2ncn(CC(=O)Nc3cc(OC)cc(OC)c3)c12. The van der Waals surface area contributed by atoms with Crippen LogP contribution in [0.3, 0.4) is 0 Å². The Morgan fingerprint density at radius 3 is 2.46 bits per heavy atom. The number of para-hydroxylation sites is 1. The molecule has 2 aromatic carbocycles. The van der Waals surface area contributed by atoms with E-state index in [2.05, 4.69) is 10.3 Å². The number of amides is 1. The number of benzene rings is 2. The van der Waals surface area contributed by atoms with Gasteiger partial charge in [-0.15, -0.1) is 0 Å². The van der Waals surface area contributed by atoms with E-state index >= 15 is 0 Å². The summed E-state index contributed by atoms with van der Waals surface area (Å²) in [6.07, 6.45) is 1.53. The molecule has 1 aromatic heterocycles. The van der Waals surface area contributed by atoms with Crippen LogP contribution in [0.15, 0.2) is 42.7 Å². The van der Waals surface area contributed by atoms with Gasteiger partial charge in [0.15, 0.2) is 0 Å². The molecule has 0 aliphatic carbocycles.